The molecule has 0 fully saturated rings. The third-order valence-corrected chi connectivity index (χ3v) is 4.34. The summed E-state index contributed by atoms with van der Waals surface area (Å²) in [6.45, 7) is 0. The fourth-order valence-corrected chi connectivity index (χ4v) is 2.92. The molecule has 0 aliphatic heterocycles. The molecule has 0 amide bonds. The quantitative estimate of drug-likeness (QED) is 0.387. The second-order valence-electron chi connectivity index (χ2n) is 5.42. The van der Waals surface area contributed by atoms with E-state index in [2.05, 4.69) is 30.9 Å². The van der Waals surface area contributed by atoms with Crippen molar-refractivity contribution in [3.05, 3.63) is 88.3 Å². The van der Waals surface area contributed by atoms with E-state index in [9.17, 15) is 0 Å². The van der Waals surface area contributed by atoms with Crippen LogP contribution in [0.15, 0.2) is 83.3 Å². The third kappa shape index (κ3) is 3.52. The maximum Gasteiger partial charge on any atom is 0.165 e. The van der Waals surface area contributed by atoms with Crippen LogP contribution in [0, 0.1) is 0 Å². The van der Waals surface area contributed by atoms with Crippen LogP contribution in [0.5, 0.6) is 0 Å². The Balaban J connectivity index is 2.02. The van der Waals surface area contributed by atoms with Crippen molar-refractivity contribution in [2.45, 2.75) is 0 Å². The Morgan fingerprint density at radius 3 is 1.77 bits per heavy atom. The van der Waals surface area contributed by atoms with Crippen molar-refractivity contribution >= 4 is 27.5 Å². The Morgan fingerprint density at radius 1 is 0.731 bits per heavy atom. The van der Waals surface area contributed by atoms with Gasteiger partial charge in [0.1, 0.15) is 0 Å². The Bertz CT molecular complexity index is 1120. The molecular weight excluding hydrogens is 410 g/mol. The van der Waals surface area contributed by atoms with Gasteiger partial charge in [0.15, 0.2) is 17.5 Å². The number of benzene rings is 3. The van der Waals surface area contributed by atoms with Crippen LogP contribution in [0.3, 0.4) is 0 Å². The van der Waals surface area contributed by atoms with Crippen molar-refractivity contribution in [1.82, 2.24) is 15.0 Å². The van der Waals surface area contributed by atoms with Crippen molar-refractivity contribution in [1.29, 1.82) is 0 Å². The topological polar surface area (TPSA) is 38.7 Å². The average Bonchev–Trinajstić information content (AvgIpc) is 2.77. The highest BCUT2D eigenvalue weighted by molar-refractivity contribution is 9.10. The van der Waals surface area contributed by atoms with E-state index in [1.165, 1.54) is 0 Å². The summed E-state index contributed by atoms with van der Waals surface area (Å²) in [4.78, 5) is 13.7. The highest BCUT2D eigenvalue weighted by Crippen LogP contribution is 2.31. The summed E-state index contributed by atoms with van der Waals surface area (Å²) in [6.07, 6.45) is 0. The monoisotopic (exact) mass is 424 g/mol. The van der Waals surface area contributed by atoms with Gasteiger partial charge < -0.3 is 0 Å². The van der Waals surface area contributed by atoms with Crippen LogP contribution in [0.2, 0.25) is 5.02 Å². The third-order valence-electron chi connectivity index (χ3n) is 3.66. The fraction of sp³-hybridized carbons (Fsp3) is 0. The summed E-state index contributed by atoms with van der Waals surface area (Å²) in [6, 6.07) is 18.5. The predicted octanol–water partition coefficient (Wildman–Crippen LogP) is 6.29. The molecule has 3 aromatic carbocycles. The van der Waals surface area contributed by atoms with Gasteiger partial charge >= 0.3 is 0 Å². The van der Waals surface area contributed by atoms with Gasteiger partial charge in [0.25, 0.3) is 0 Å². The molecule has 26 heavy (non-hydrogen) atoms. The summed E-state index contributed by atoms with van der Waals surface area (Å²) in [7, 11) is 0. The summed E-state index contributed by atoms with van der Waals surface area (Å²) < 4.78 is 24.6. The van der Waals surface area contributed by atoms with Crippen molar-refractivity contribution in [3.63, 3.8) is 0 Å². The number of hydrogen-bond acceptors (Lipinski definition) is 3. The van der Waals surface area contributed by atoms with E-state index in [0.29, 0.717) is 11.6 Å². The van der Waals surface area contributed by atoms with Gasteiger partial charge in [0.05, 0.1) is 9.13 Å². The lowest BCUT2D eigenvalue weighted by Gasteiger charge is -2.09. The standard InChI is InChI=1S/C21H13BrClN3/c22-16-11-12-18(23)17(13-16)21-25-19(14-7-3-1-4-8-14)24-20(26-21)15-9-5-2-6-10-15/h1-13H/i11D,12D,13D. The van der Waals surface area contributed by atoms with E-state index in [1.54, 1.807) is 0 Å². The molecule has 3 nitrogen and oxygen atoms in total. The second-order valence-corrected chi connectivity index (χ2v) is 6.59. The van der Waals surface area contributed by atoms with Gasteiger partial charge in [-0.15, -0.1) is 0 Å². The van der Waals surface area contributed by atoms with Crippen LogP contribution in [0.25, 0.3) is 34.2 Å². The number of hydrogen-bond donors (Lipinski definition) is 0. The fourth-order valence-electron chi connectivity index (χ4n) is 2.44. The second kappa shape index (κ2) is 7.36. The van der Waals surface area contributed by atoms with Crippen molar-refractivity contribution in [2.24, 2.45) is 0 Å². The number of halogens is 2. The van der Waals surface area contributed by atoms with Gasteiger partial charge in [-0.25, -0.2) is 15.0 Å². The summed E-state index contributed by atoms with van der Waals surface area (Å²) >= 11 is 9.57. The molecule has 0 unspecified atom stereocenters. The van der Waals surface area contributed by atoms with E-state index in [-0.39, 0.29) is 39.0 Å². The Kier molecular flexibility index (Phi) is 3.85. The molecule has 0 atom stereocenters. The molecule has 4 aromatic rings. The van der Waals surface area contributed by atoms with E-state index in [1.807, 2.05) is 60.7 Å². The lowest BCUT2D eigenvalue weighted by molar-refractivity contribution is 1.07. The van der Waals surface area contributed by atoms with Crippen LogP contribution in [-0.2, 0) is 0 Å². The Labute approximate surface area is 169 Å². The minimum atomic E-state index is -0.188. The molecule has 0 N–H and O–H groups in total. The largest absolute Gasteiger partial charge is 0.208 e. The number of nitrogens with zero attached hydrogens (tertiary/aromatic N) is 3. The smallest absolute Gasteiger partial charge is 0.165 e. The predicted molar refractivity (Wildman–Crippen MR) is 109 cm³/mol. The molecular formula is C21H13BrClN3. The highest BCUT2D eigenvalue weighted by atomic mass is 79.9. The summed E-state index contributed by atoms with van der Waals surface area (Å²) in [5.41, 5.74) is 1.77. The molecule has 1 heterocycles. The molecule has 4 rings (SSSR count). The van der Waals surface area contributed by atoms with Gasteiger partial charge in [-0.3, -0.25) is 0 Å². The van der Waals surface area contributed by atoms with Crippen LogP contribution in [-0.4, -0.2) is 15.0 Å². The lowest BCUT2D eigenvalue weighted by Crippen LogP contribution is -2.00. The van der Waals surface area contributed by atoms with Crippen LogP contribution in [0.4, 0.5) is 0 Å². The molecule has 0 aliphatic carbocycles. The Hall–Kier alpha value is -2.56. The molecule has 1 aromatic heterocycles. The van der Waals surface area contributed by atoms with Crippen LogP contribution in [0.1, 0.15) is 4.11 Å². The normalized spacial score (nSPS) is 12.3. The molecule has 126 valence electrons. The first-order valence-electron chi connectivity index (χ1n) is 9.29. The SMILES string of the molecule is [2H]c1c([2H])c(Br)c([2H])c(-c2nc(-c3ccccc3)nc(-c3ccccc3)n2)c1Cl. The minimum Gasteiger partial charge on any atom is -0.208 e. The van der Waals surface area contributed by atoms with Crippen molar-refractivity contribution in [3.8, 4) is 34.2 Å². The summed E-state index contributed by atoms with van der Waals surface area (Å²) in [5.74, 6) is 1.05. The first kappa shape index (κ1) is 13.6. The zero-order valence-corrected chi connectivity index (χ0v) is 15.7. The van der Waals surface area contributed by atoms with Crippen LogP contribution >= 0.6 is 27.5 Å². The zero-order valence-electron chi connectivity index (χ0n) is 16.4. The molecule has 0 aliphatic rings. The molecule has 0 bridgehead atoms. The van der Waals surface area contributed by atoms with E-state index >= 15 is 0 Å². The van der Waals surface area contributed by atoms with Gasteiger partial charge in [0.2, 0.25) is 0 Å². The molecule has 0 saturated heterocycles. The van der Waals surface area contributed by atoms with Gasteiger partial charge in [-0.05, 0) is 18.1 Å². The van der Waals surface area contributed by atoms with Gasteiger partial charge in [-0.2, -0.15) is 0 Å². The van der Waals surface area contributed by atoms with Crippen molar-refractivity contribution in [2.75, 3.05) is 0 Å². The first-order chi connectivity index (χ1) is 14.0. The first-order valence-corrected chi connectivity index (χ1v) is 8.96. The van der Waals surface area contributed by atoms with Gasteiger partial charge in [-0.1, -0.05) is 88.2 Å². The van der Waals surface area contributed by atoms with E-state index < -0.39 is 0 Å². The lowest BCUT2D eigenvalue weighted by atomic mass is 10.1. The van der Waals surface area contributed by atoms with Gasteiger partial charge in [0, 0.05) is 21.2 Å². The average molecular weight is 426 g/mol. The van der Waals surface area contributed by atoms with E-state index in [4.69, 9.17) is 15.7 Å². The maximum atomic E-state index is 8.43. The molecule has 0 spiro atoms. The Morgan fingerprint density at radius 2 is 1.23 bits per heavy atom. The number of aromatic nitrogens is 3. The molecule has 0 radical (unpaired) electrons. The highest BCUT2D eigenvalue weighted by Gasteiger charge is 2.14. The molecule has 5 heteroatoms. The maximum absolute atomic E-state index is 8.43. The zero-order chi connectivity index (χ0) is 20.5. The van der Waals surface area contributed by atoms with Crippen LogP contribution < -0.4 is 0 Å². The summed E-state index contributed by atoms with van der Waals surface area (Å²) in [5, 5.41) is -0.0348. The number of rotatable bonds is 3. The van der Waals surface area contributed by atoms with E-state index in [0.717, 1.165) is 11.1 Å². The minimum absolute atomic E-state index is 0.0348. The molecule has 0 saturated carbocycles. The van der Waals surface area contributed by atoms with Crippen molar-refractivity contribution < 1.29 is 4.11 Å².